The maximum atomic E-state index is 6.08. The summed E-state index contributed by atoms with van der Waals surface area (Å²) in [5.74, 6) is 0.691. The fraction of sp³-hybridized carbons (Fsp3) is 0.600. The van der Waals surface area contributed by atoms with Gasteiger partial charge in [-0.2, -0.15) is 0 Å². The van der Waals surface area contributed by atoms with Crippen molar-refractivity contribution in [1.82, 2.24) is 0 Å². The molecule has 94 valence electrons. The maximum absolute atomic E-state index is 6.08. The van der Waals surface area contributed by atoms with Gasteiger partial charge >= 0.3 is 0 Å². The van der Waals surface area contributed by atoms with E-state index in [-0.39, 0.29) is 6.04 Å². The normalized spacial score (nSPS) is 17.2. The van der Waals surface area contributed by atoms with Crippen LogP contribution in [-0.2, 0) is 0 Å². The standard InChI is InChI=1S/C15H24N2/c1-11(2)10-17(13-8-9-13)15-7-5-4-6-14(15)12(3)16/h4-7,11-13H,8-10,16H2,1-3H3. The van der Waals surface area contributed by atoms with E-state index in [0.29, 0.717) is 5.92 Å². The largest absolute Gasteiger partial charge is 0.368 e. The zero-order chi connectivity index (χ0) is 12.4. The Balaban J connectivity index is 2.28. The number of nitrogens with zero attached hydrogens (tertiary/aromatic N) is 1. The predicted octanol–water partition coefficient (Wildman–Crippen LogP) is 3.33. The van der Waals surface area contributed by atoms with Crippen LogP contribution in [0.1, 0.15) is 45.2 Å². The monoisotopic (exact) mass is 232 g/mol. The van der Waals surface area contributed by atoms with Gasteiger partial charge in [0.2, 0.25) is 0 Å². The molecule has 0 saturated heterocycles. The molecule has 1 fully saturated rings. The second-order valence-corrected chi connectivity index (χ2v) is 5.62. The average Bonchev–Trinajstić information content (AvgIpc) is 3.09. The molecule has 1 unspecified atom stereocenters. The Kier molecular flexibility index (Phi) is 3.72. The summed E-state index contributed by atoms with van der Waals surface area (Å²) in [6.45, 7) is 7.77. The smallest absolute Gasteiger partial charge is 0.0417 e. The summed E-state index contributed by atoms with van der Waals surface area (Å²) >= 11 is 0. The molecule has 2 nitrogen and oxygen atoms in total. The summed E-state index contributed by atoms with van der Waals surface area (Å²) < 4.78 is 0. The number of benzene rings is 1. The lowest BCUT2D eigenvalue weighted by atomic mass is 10.0. The lowest BCUT2D eigenvalue weighted by Crippen LogP contribution is -2.31. The van der Waals surface area contributed by atoms with Crippen LogP contribution < -0.4 is 10.6 Å². The third-order valence-electron chi connectivity index (χ3n) is 3.29. The van der Waals surface area contributed by atoms with Gasteiger partial charge in [0.1, 0.15) is 0 Å². The SMILES string of the molecule is CC(C)CN(c1ccccc1C(C)N)C1CC1. The van der Waals surface area contributed by atoms with Gasteiger partial charge in [-0.3, -0.25) is 0 Å². The summed E-state index contributed by atoms with van der Waals surface area (Å²) in [5, 5.41) is 0. The summed E-state index contributed by atoms with van der Waals surface area (Å²) in [6.07, 6.45) is 2.67. The number of hydrogen-bond acceptors (Lipinski definition) is 2. The van der Waals surface area contributed by atoms with E-state index in [0.717, 1.165) is 12.6 Å². The Morgan fingerprint density at radius 2 is 1.88 bits per heavy atom. The van der Waals surface area contributed by atoms with Gasteiger partial charge in [0.15, 0.2) is 0 Å². The number of nitrogens with two attached hydrogens (primary N) is 1. The van der Waals surface area contributed by atoms with Crippen molar-refractivity contribution >= 4 is 5.69 Å². The van der Waals surface area contributed by atoms with Crippen molar-refractivity contribution in [2.24, 2.45) is 11.7 Å². The molecule has 0 bridgehead atoms. The van der Waals surface area contributed by atoms with Crippen LogP contribution >= 0.6 is 0 Å². The molecule has 0 heterocycles. The number of hydrogen-bond donors (Lipinski definition) is 1. The highest BCUT2D eigenvalue weighted by Crippen LogP contribution is 2.35. The van der Waals surface area contributed by atoms with Crippen LogP contribution in [-0.4, -0.2) is 12.6 Å². The first-order valence-electron chi connectivity index (χ1n) is 6.70. The molecule has 1 aliphatic carbocycles. The molecule has 1 atom stereocenters. The fourth-order valence-corrected chi connectivity index (χ4v) is 2.36. The Morgan fingerprint density at radius 1 is 1.24 bits per heavy atom. The number of para-hydroxylation sites is 1. The lowest BCUT2D eigenvalue weighted by molar-refractivity contribution is 0.604. The minimum Gasteiger partial charge on any atom is -0.368 e. The van der Waals surface area contributed by atoms with Crippen LogP contribution in [0.3, 0.4) is 0 Å². The Hall–Kier alpha value is -1.02. The summed E-state index contributed by atoms with van der Waals surface area (Å²) in [7, 11) is 0. The van der Waals surface area contributed by atoms with Crippen molar-refractivity contribution in [3.8, 4) is 0 Å². The molecular weight excluding hydrogens is 208 g/mol. The second-order valence-electron chi connectivity index (χ2n) is 5.62. The summed E-state index contributed by atoms with van der Waals surface area (Å²) in [5.41, 5.74) is 8.70. The molecular formula is C15H24N2. The van der Waals surface area contributed by atoms with Crippen molar-refractivity contribution in [2.75, 3.05) is 11.4 Å². The first-order chi connectivity index (χ1) is 8.09. The van der Waals surface area contributed by atoms with Gasteiger partial charge in [-0.25, -0.2) is 0 Å². The lowest BCUT2D eigenvalue weighted by Gasteiger charge is -2.29. The topological polar surface area (TPSA) is 29.3 Å². The third-order valence-corrected chi connectivity index (χ3v) is 3.29. The van der Waals surface area contributed by atoms with Crippen molar-refractivity contribution in [3.05, 3.63) is 29.8 Å². The number of rotatable bonds is 5. The van der Waals surface area contributed by atoms with Gasteiger partial charge in [0.05, 0.1) is 0 Å². The maximum Gasteiger partial charge on any atom is 0.0417 e. The highest BCUT2D eigenvalue weighted by molar-refractivity contribution is 5.56. The van der Waals surface area contributed by atoms with Crippen LogP contribution in [0.5, 0.6) is 0 Å². The molecule has 1 aromatic rings. The van der Waals surface area contributed by atoms with E-state index in [4.69, 9.17) is 5.73 Å². The molecule has 0 radical (unpaired) electrons. The Bertz CT molecular complexity index is 367. The van der Waals surface area contributed by atoms with E-state index in [9.17, 15) is 0 Å². The zero-order valence-electron chi connectivity index (χ0n) is 11.2. The second kappa shape index (κ2) is 5.09. The molecule has 1 aliphatic rings. The van der Waals surface area contributed by atoms with E-state index in [1.54, 1.807) is 0 Å². The van der Waals surface area contributed by atoms with Crippen LogP contribution in [0, 0.1) is 5.92 Å². The van der Waals surface area contributed by atoms with Crippen LogP contribution in [0.25, 0.3) is 0 Å². The van der Waals surface area contributed by atoms with Gasteiger partial charge in [0, 0.05) is 24.3 Å². The average molecular weight is 232 g/mol. The van der Waals surface area contributed by atoms with Gasteiger partial charge in [-0.05, 0) is 37.3 Å². The van der Waals surface area contributed by atoms with Crippen LogP contribution in [0.2, 0.25) is 0 Å². The molecule has 2 rings (SSSR count). The first-order valence-corrected chi connectivity index (χ1v) is 6.70. The molecule has 2 heteroatoms. The zero-order valence-corrected chi connectivity index (χ0v) is 11.2. The molecule has 0 amide bonds. The van der Waals surface area contributed by atoms with Crippen molar-refractivity contribution in [3.63, 3.8) is 0 Å². The van der Waals surface area contributed by atoms with Crippen molar-refractivity contribution < 1.29 is 0 Å². The highest BCUT2D eigenvalue weighted by Gasteiger charge is 2.30. The highest BCUT2D eigenvalue weighted by atomic mass is 15.2. The fourth-order valence-electron chi connectivity index (χ4n) is 2.36. The minimum absolute atomic E-state index is 0.111. The summed E-state index contributed by atoms with van der Waals surface area (Å²) in [6, 6.07) is 9.45. The van der Waals surface area contributed by atoms with Gasteiger partial charge in [0.25, 0.3) is 0 Å². The number of anilines is 1. The first kappa shape index (κ1) is 12.4. The molecule has 2 N–H and O–H groups in total. The summed E-state index contributed by atoms with van der Waals surface area (Å²) in [4.78, 5) is 2.56. The van der Waals surface area contributed by atoms with Crippen LogP contribution in [0.15, 0.2) is 24.3 Å². The third kappa shape index (κ3) is 3.01. The van der Waals surface area contributed by atoms with Crippen molar-refractivity contribution in [1.29, 1.82) is 0 Å². The van der Waals surface area contributed by atoms with E-state index < -0.39 is 0 Å². The molecule has 0 spiro atoms. The van der Waals surface area contributed by atoms with E-state index in [1.807, 2.05) is 0 Å². The predicted molar refractivity (Wildman–Crippen MR) is 74.3 cm³/mol. The molecule has 1 saturated carbocycles. The van der Waals surface area contributed by atoms with Crippen LogP contribution in [0.4, 0.5) is 5.69 Å². The molecule has 17 heavy (non-hydrogen) atoms. The Labute approximate surface area is 105 Å². The molecule has 0 aromatic heterocycles. The minimum atomic E-state index is 0.111. The molecule has 0 aliphatic heterocycles. The van der Waals surface area contributed by atoms with Gasteiger partial charge in [-0.1, -0.05) is 32.0 Å². The Morgan fingerprint density at radius 3 is 2.41 bits per heavy atom. The van der Waals surface area contributed by atoms with Gasteiger partial charge < -0.3 is 10.6 Å². The van der Waals surface area contributed by atoms with E-state index in [2.05, 4.69) is 49.9 Å². The quantitative estimate of drug-likeness (QED) is 0.843. The van der Waals surface area contributed by atoms with Gasteiger partial charge in [-0.15, -0.1) is 0 Å². The van der Waals surface area contributed by atoms with Crippen molar-refractivity contribution in [2.45, 2.75) is 45.7 Å². The molecule has 1 aromatic carbocycles. The van der Waals surface area contributed by atoms with E-state index in [1.165, 1.54) is 24.1 Å². The van der Waals surface area contributed by atoms with E-state index >= 15 is 0 Å².